The normalized spacial score (nSPS) is 23.4. The van der Waals surface area contributed by atoms with Crippen LogP contribution in [0, 0.1) is 0 Å². The second kappa shape index (κ2) is 5.93. The van der Waals surface area contributed by atoms with Crippen molar-refractivity contribution in [1.29, 1.82) is 0 Å². The van der Waals surface area contributed by atoms with Gasteiger partial charge in [-0.1, -0.05) is 0 Å². The van der Waals surface area contributed by atoms with Gasteiger partial charge in [0.1, 0.15) is 6.67 Å². The second-order valence-corrected chi connectivity index (χ2v) is 3.26. The van der Waals surface area contributed by atoms with E-state index < -0.39 is 0 Å². The van der Waals surface area contributed by atoms with E-state index in [1.165, 1.54) is 7.11 Å². The molecule has 0 radical (unpaired) electrons. The van der Waals surface area contributed by atoms with Gasteiger partial charge in [0.05, 0.1) is 26.2 Å². The molecule has 0 spiro atoms. The monoisotopic (exact) mass is 205 g/mol. The largest absolute Gasteiger partial charge is 0.469 e. The second-order valence-electron chi connectivity index (χ2n) is 3.26. The van der Waals surface area contributed by atoms with Gasteiger partial charge in [0.2, 0.25) is 0 Å². The van der Waals surface area contributed by atoms with Crippen LogP contribution in [0.15, 0.2) is 0 Å². The molecule has 1 heterocycles. The van der Waals surface area contributed by atoms with Crippen molar-refractivity contribution in [3.05, 3.63) is 0 Å². The lowest BCUT2D eigenvalue weighted by Gasteiger charge is -2.31. The number of halogens is 1. The van der Waals surface area contributed by atoms with E-state index in [1.54, 1.807) is 0 Å². The molecule has 1 atom stereocenters. The molecule has 0 aromatic carbocycles. The minimum absolute atomic E-state index is 0.150. The van der Waals surface area contributed by atoms with Crippen LogP contribution < -0.4 is 0 Å². The van der Waals surface area contributed by atoms with Gasteiger partial charge in [-0.3, -0.25) is 9.69 Å². The van der Waals surface area contributed by atoms with Crippen molar-refractivity contribution in [1.82, 2.24) is 4.90 Å². The van der Waals surface area contributed by atoms with Gasteiger partial charge in [0.25, 0.3) is 0 Å². The average Bonchev–Trinajstić information content (AvgIpc) is 2.19. The highest BCUT2D eigenvalue weighted by atomic mass is 19.1. The summed E-state index contributed by atoms with van der Waals surface area (Å²) in [5.41, 5.74) is 0. The third-order valence-corrected chi connectivity index (χ3v) is 2.25. The van der Waals surface area contributed by atoms with Gasteiger partial charge in [-0.2, -0.15) is 0 Å². The Bertz CT molecular complexity index is 187. The van der Waals surface area contributed by atoms with Crippen molar-refractivity contribution >= 4 is 5.97 Å². The maximum Gasteiger partial charge on any atom is 0.308 e. The third kappa shape index (κ3) is 3.59. The van der Waals surface area contributed by atoms with Crippen LogP contribution in [0.1, 0.15) is 6.42 Å². The number of carbonyl (C=O) groups excluding carboxylic acids is 1. The highest BCUT2D eigenvalue weighted by Gasteiger charge is 2.22. The van der Waals surface area contributed by atoms with E-state index in [4.69, 9.17) is 4.74 Å². The molecule has 1 aliphatic heterocycles. The van der Waals surface area contributed by atoms with Crippen molar-refractivity contribution in [2.75, 3.05) is 40.0 Å². The maximum absolute atomic E-state index is 12.1. The maximum atomic E-state index is 12.1. The molecular weight excluding hydrogens is 189 g/mol. The SMILES string of the molecule is COC(=O)CC1CN(CCF)CCO1. The highest BCUT2D eigenvalue weighted by molar-refractivity contribution is 5.69. The fraction of sp³-hybridized carbons (Fsp3) is 0.889. The lowest BCUT2D eigenvalue weighted by atomic mass is 10.2. The van der Waals surface area contributed by atoms with Gasteiger partial charge >= 0.3 is 5.97 Å². The Kier molecular flexibility index (Phi) is 4.82. The van der Waals surface area contributed by atoms with E-state index in [-0.39, 0.29) is 25.2 Å². The van der Waals surface area contributed by atoms with Crippen LogP contribution in [0.2, 0.25) is 0 Å². The van der Waals surface area contributed by atoms with Gasteiger partial charge in [-0.25, -0.2) is 4.39 Å². The number of ether oxygens (including phenoxy) is 2. The molecule has 5 heteroatoms. The van der Waals surface area contributed by atoms with E-state index in [1.807, 2.05) is 4.90 Å². The molecule has 1 saturated heterocycles. The number of nitrogens with zero attached hydrogens (tertiary/aromatic N) is 1. The number of morpholine rings is 1. The molecule has 1 rings (SSSR count). The van der Waals surface area contributed by atoms with E-state index in [9.17, 15) is 9.18 Å². The number of hydrogen-bond acceptors (Lipinski definition) is 4. The minimum atomic E-state index is -0.356. The van der Waals surface area contributed by atoms with E-state index in [0.717, 1.165) is 6.54 Å². The molecule has 1 fully saturated rings. The summed E-state index contributed by atoms with van der Waals surface area (Å²) in [6.45, 7) is 1.97. The van der Waals surface area contributed by atoms with Crippen molar-refractivity contribution in [3.63, 3.8) is 0 Å². The molecule has 14 heavy (non-hydrogen) atoms. The summed E-state index contributed by atoms with van der Waals surface area (Å²) in [6, 6.07) is 0. The summed E-state index contributed by atoms with van der Waals surface area (Å²) in [7, 11) is 1.35. The van der Waals surface area contributed by atoms with Crippen LogP contribution >= 0.6 is 0 Å². The average molecular weight is 205 g/mol. The van der Waals surface area contributed by atoms with Crippen LogP contribution in [0.4, 0.5) is 4.39 Å². The fourth-order valence-corrected chi connectivity index (χ4v) is 1.50. The number of alkyl halides is 1. The summed E-state index contributed by atoms with van der Waals surface area (Å²) >= 11 is 0. The summed E-state index contributed by atoms with van der Waals surface area (Å²) in [6.07, 6.45) is 0.0991. The Balaban J connectivity index is 2.28. The fourth-order valence-electron chi connectivity index (χ4n) is 1.50. The van der Waals surface area contributed by atoms with Crippen molar-refractivity contribution in [2.24, 2.45) is 0 Å². The first-order valence-corrected chi connectivity index (χ1v) is 4.73. The topological polar surface area (TPSA) is 38.8 Å². The molecule has 4 nitrogen and oxygen atoms in total. The predicted octanol–water partition coefficient (Wildman–Crippen LogP) is 0.220. The minimum Gasteiger partial charge on any atom is -0.469 e. The number of rotatable bonds is 4. The van der Waals surface area contributed by atoms with Crippen molar-refractivity contribution < 1.29 is 18.7 Å². The van der Waals surface area contributed by atoms with Gasteiger partial charge in [-0.05, 0) is 0 Å². The Morgan fingerprint density at radius 1 is 1.71 bits per heavy atom. The Morgan fingerprint density at radius 3 is 3.14 bits per heavy atom. The number of hydrogen-bond donors (Lipinski definition) is 0. The van der Waals surface area contributed by atoms with Crippen LogP contribution in [-0.2, 0) is 14.3 Å². The molecule has 1 unspecified atom stereocenters. The van der Waals surface area contributed by atoms with Gasteiger partial charge in [-0.15, -0.1) is 0 Å². The number of methoxy groups -OCH3 is 1. The number of esters is 1. The van der Waals surface area contributed by atoms with E-state index >= 15 is 0 Å². The van der Waals surface area contributed by atoms with Crippen LogP contribution in [-0.4, -0.2) is 57.0 Å². The first kappa shape index (κ1) is 11.4. The van der Waals surface area contributed by atoms with Gasteiger partial charge < -0.3 is 9.47 Å². The summed E-state index contributed by atoms with van der Waals surface area (Å²) < 4.78 is 22.0. The van der Waals surface area contributed by atoms with E-state index in [2.05, 4.69) is 4.74 Å². The molecule has 0 saturated carbocycles. The standard InChI is InChI=1S/C9H16FNO3/c1-13-9(12)6-8-7-11(3-2-10)4-5-14-8/h8H,2-7H2,1H3. The number of carbonyl (C=O) groups is 1. The Morgan fingerprint density at radius 2 is 2.50 bits per heavy atom. The first-order valence-electron chi connectivity index (χ1n) is 4.73. The van der Waals surface area contributed by atoms with Gasteiger partial charge in [0, 0.05) is 19.6 Å². The van der Waals surface area contributed by atoms with E-state index in [0.29, 0.717) is 19.7 Å². The molecular formula is C9H16FNO3. The van der Waals surface area contributed by atoms with Crippen LogP contribution in [0.25, 0.3) is 0 Å². The first-order chi connectivity index (χ1) is 6.76. The molecule has 0 aromatic heterocycles. The van der Waals surface area contributed by atoms with Crippen LogP contribution in [0.3, 0.4) is 0 Å². The third-order valence-electron chi connectivity index (χ3n) is 2.25. The summed E-state index contributed by atoms with van der Waals surface area (Å²) in [4.78, 5) is 12.9. The molecule has 0 bridgehead atoms. The molecule has 0 N–H and O–H groups in total. The zero-order valence-electron chi connectivity index (χ0n) is 8.37. The van der Waals surface area contributed by atoms with Crippen molar-refractivity contribution in [3.8, 4) is 0 Å². The Labute approximate surface area is 83.0 Å². The van der Waals surface area contributed by atoms with Crippen molar-refractivity contribution in [2.45, 2.75) is 12.5 Å². The quantitative estimate of drug-likeness (QED) is 0.615. The zero-order chi connectivity index (χ0) is 10.4. The smallest absolute Gasteiger partial charge is 0.308 e. The highest BCUT2D eigenvalue weighted by Crippen LogP contribution is 2.08. The lowest BCUT2D eigenvalue weighted by molar-refractivity contribution is -0.145. The molecule has 0 aromatic rings. The van der Waals surface area contributed by atoms with Gasteiger partial charge in [0.15, 0.2) is 0 Å². The molecule has 82 valence electrons. The zero-order valence-corrected chi connectivity index (χ0v) is 8.37. The summed E-state index contributed by atoms with van der Waals surface area (Å²) in [5, 5.41) is 0. The molecule has 0 amide bonds. The van der Waals surface area contributed by atoms with Crippen LogP contribution in [0.5, 0.6) is 0 Å². The summed E-state index contributed by atoms with van der Waals surface area (Å²) in [5.74, 6) is -0.280. The molecule has 1 aliphatic rings. The Hall–Kier alpha value is -0.680. The predicted molar refractivity (Wildman–Crippen MR) is 48.8 cm³/mol. The molecule has 0 aliphatic carbocycles. The lowest BCUT2D eigenvalue weighted by Crippen LogP contribution is -2.44.